The second kappa shape index (κ2) is 9.41. The van der Waals surface area contributed by atoms with Crippen LogP contribution in [0.1, 0.15) is 31.4 Å². The van der Waals surface area contributed by atoms with Gasteiger partial charge in [-0.15, -0.1) is 0 Å². The molecule has 130 valence electrons. The van der Waals surface area contributed by atoms with Gasteiger partial charge in [0.15, 0.2) is 0 Å². The Bertz CT molecular complexity index is 562. The molecule has 1 aromatic carbocycles. The van der Waals surface area contributed by atoms with Crippen LogP contribution in [0.4, 0.5) is 0 Å². The number of nitriles is 1. The summed E-state index contributed by atoms with van der Waals surface area (Å²) in [6, 6.07) is 9.95. The van der Waals surface area contributed by atoms with E-state index in [1.165, 1.54) is 5.56 Å². The summed E-state index contributed by atoms with van der Waals surface area (Å²) in [5.41, 5.74) is 1.94. The Morgan fingerprint density at radius 1 is 1.17 bits per heavy atom. The van der Waals surface area contributed by atoms with Crippen molar-refractivity contribution in [2.24, 2.45) is 5.92 Å². The van der Waals surface area contributed by atoms with Gasteiger partial charge in [0, 0.05) is 26.2 Å². The SMILES string of the molecule is CC(C)CNC(=O)CN1CCCN(Cc2ccc(C#N)cc2)CC1. The third-order valence-electron chi connectivity index (χ3n) is 4.25. The highest BCUT2D eigenvalue weighted by atomic mass is 16.2. The summed E-state index contributed by atoms with van der Waals surface area (Å²) in [6.45, 7) is 10.3. The van der Waals surface area contributed by atoms with Crippen LogP contribution in [0, 0.1) is 17.2 Å². The molecule has 0 spiro atoms. The lowest BCUT2D eigenvalue weighted by Gasteiger charge is -2.21. The van der Waals surface area contributed by atoms with Crippen LogP contribution < -0.4 is 5.32 Å². The third kappa shape index (κ3) is 6.31. The standard InChI is InChI=1S/C19H28N4O/c1-16(2)13-21-19(24)15-23-9-3-8-22(10-11-23)14-18-6-4-17(12-20)5-7-18/h4-7,16H,3,8-11,13-15H2,1-2H3,(H,21,24). The zero-order valence-electron chi connectivity index (χ0n) is 14.8. The molecule has 0 atom stereocenters. The first kappa shape index (κ1) is 18.4. The van der Waals surface area contributed by atoms with E-state index in [1.54, 1.807) is 0 Å². The smallest absolute Gasteiger partial charge is 0.234 e. The van der Waals surface area contributed by atoms with Gasteiger partial charge in [0.2, 0.25) is 5.91 Å². The van der Waals surface area contributed by atoms with Gasteiger partial charge in [-0.25, -0.2) is 0 Å². The molecular weight excluding hydrogens is 300 g/mol. The second-order valence-corrected chi connectivity index (χ2v) is 6.91. The number of amides is 1. The summed E-state index contributed by atoms with van der Waals surface area (Å²) >= 11 is 0. The fraction of sp³-hybridized carbons (Fsp3) is 0.579. The second-order valence-electron chi connectivity index (χ2n) is 6.91. The number of hydrogen-bond acceptors (Lipinski definition) is 4. The van der Waals surface area contributed by atoms with Crippen LogP contribution in [0.3, 0.4) is 0 Å². The minimum absolute atomic E-state index is 0.129. The van der Waals surface area contributed by atoms with Crippen molar-refractivity contribution in [1.29, 1.82) is 5.26 Å². The Balaban J connectivity index is 1.77. The number of rotatable bonds is 6. The van der Waals surface area contributed by atoms with Crippen LogP contribution in [0.5, 0.6) is 0 Å². The summed E-state index contributed by atoms with van der Waals surface area (Å²) in [5.74, 6) is 0.616. The highest BCUT2D eigenvalue weighted by Crippen LogP contribution is 2.10. The van der Waals surface area contributed by atoms with Crippen LogP contribution in [-0.4, -0.2) is 55.0 Å². The highest BCUT2D eigenvalue weighted by Gasteiger charge is 2.17. The molecule has 0 aliphatic carbocycles. The fourth-order valence-electron chi connectivity index (χ4n) is 2.86. The molecule has 1 saturated heterocycles. The van der Waals surface area contributed by atoms with Crippen molar-refractivity contribution in [1.82, 2.24) is 15.1 Å². The maximum atomic E-state index is 12.0. The lowest BCUT2D eigenvalue weighted by atomic mass is 10.1. The molecule has 5 heteroatoms. The lowest BCUT2D eigenvalue weighted by Crippen LogP contribution is -2.40. The molecule has 2 rings (SSSR count). The molecule has 0 radical (unpaired) electrons. The first-order chi connectivity index (χ1) is 11.6. The summed E-state index contributed by atoms with van der Waals surface area (Å²) in [4.78, 5) is 16.6. The van der Waals surface area contributed by atoms with Crippen molar-refractivity contribution in [2.75, 3.05) is 39.3 Å². The molecule has 1 aliphatic heterocycles. The summed E-state index contributed by atoms with van der Waals surface area (Å²) in [5, 5.41) is 11.8. The quantitative estimate of drug-likeness (QED) is 0.866. The zero-order chi connectivity index (χ0) is 17.4. The average Bonchev–Trinajstić information content (AvgIpc) is 2.79. The average molecular weight is 328 g/mol. The fourth-order valence-corrected chi connectivity index (χ4v) is 2.86. The zero-order valence-corrected chi connectivity index (χ0v) is 14.8. The Morgan fingerprint density at radius 3 is 2.50 bits per heavy atom. The molecule has 5 nitrogen and oxygen atoms in total. The monoisotopic (exact) mass is 328 g/mol. The number of carbonyl (C=O) groups excluding carboxylic acids is 1. The van der Waals surface area contributed by atoms with E-state index in [9.17, 15) is 4.79 Å². The van der Waals surface area contributed by atoms with Gasteiger partial charge >= 0.3 is 0 Å². The van der Waals surface area contributed by atoms with Gasteiger partial charge in [-0.1, -0.05) is 26.0 Å². The molecule has 0 bridgehead atoms. The molecule has 1 N–H and O–H groups in total. The molecule has 1 aromatic rings. The van der Waals surface area contributed by atoms with Crippen LogP contribution in [-0.2, 0) is 11.3 Å². The van der Waals surface area contributed by atoms with Crippen molar-refractivity contribution in [3.8, 4) is 6.07 Å². The molecule has 1 amide bonds. The largest absolute Gasteiger partial charge is 0.355 e. The van der Waals surface area contributed by atoms with Gasteiger partial charge in [0.25, 0.3) is 0 Å². The molecule has 0 aromatic heterocycles. The van der Waals surface area contributed by atoms with Crippen molar-refractivity contribution in [3.63, 3.8) is 0 Å². The molecule has 1 aliphatic rings. The van der Waals surface area contributed by atoms with Gasteiger partial charge in [-0.05, 0) is 43.1 Å². The van der Waals surface area contributed by atoms with E-state index < -0.39 is 0 Å². The van der Waals surface area contributed by atoms with Gasteiger partial charge in [0.05, 0.1) is 18.2 Å². The molecular formula is C19H28N4O. The van der Waals surface area contributed by atoms with Crippen LogP contribution in [0.25, 0.3) is 0 Å². The van der Waals surface area contributed by atoms with E-state index in [-0.39, 0.29) is 5.91 Å². The van der Waals surface area contributed by atoms with E-state index >= 15 is 0 Å². The van der Waals surface area contributed by atoms with E-state index in [2.05, 4.69) is 35.0 Å². The predicted octanol–water partition coefficient (Wildman–Crippen LogP) is 1.84. The number of nitrogens with zero attached hydrogens (tertiary/aromatic N) is 3. The maximum absolute atomic E-state index is 12.0. The Kier molecular flexibility index (Phi) is 7.23. The minimum Gasteiger partial charge on any atom is -0.355 e. The van der Waals surface area contributed by atoms with Gasteiger partial charge in [-0.2, -0.15) is 5.26 Å². The number of hydrogen-bond donors (Lipinski definition) is 1. The molecule has 1 fully saturated rings. The normalized spacial score (nSPS) is 16.6. The number of carbonyl (C=O) groups is 1. The highest BCUT2D eigenvalue weighted by molar-refractivity contribution is 5.78. The predicted molar refractivity (Wildman–Crippen MR) is 95.3 cm³/mol. The van der Waals surface area contributed by atoms with E-state index in [1.807, 2.05) is 24.3 Å². The summed E-state index contributed by atoms with van der Waals surface area (Å²) in [7, 11) is 0. The van der Waals surface area contributed by atoms with E-state index in [0.717, 1.165) is 45.7 Å². The Hall–Kier alpha value is -1.90. The van der Waals surface area contributed by atoms with Crippen molar-refractivity contribution in [3.05, 3.63) is 35.4 Å². The van der Waals surface area contributed by atoms with E-state index in [0.29, 0.717) is 18.0 Å². The molecule has 24 heavy (non-hydrogen) atoms. The van der Waals surface area contributed by atoms with Crippen molar-refractivity contribution < 1.29 is 4.79 Å². The minimum atomic E-state index is 0.129. The molecule has 0 unspecified atom stereocenters. The Labute approximate surface area is 145 Å². The number of nitrogens with one attached hydrogen (secondary N) is 1. The first-order valence-corrected chi connectivity index (χ1v) is 8.77. The number of benzene rings is 1. The van der Waals surface area contributed by atoms with Gasteiger partial charge in [0.1, 0.15) is 0 Å². The van der Waals surface area contributed by atoms with Crippen LogP contribution >= 0.6 is 0 Å². The molecule has 0 saturated carbocycles. The first-order valence-electron chi connectivity index (χ1n) is 8.77. The van der Waals surface area contributed by atoms with E-state index in [4.69, 9.17) is 5.26 Å². The lowest BCUT2D eigenvalue weighted by molar-refractivity contribution is -0.122. The Morgan fingerprint density at radius 2 is 1.83 bits per heavy atom. The summed E-state index contributed by atoms with van der Waals surface area (Å²) in [6.07, 6.45) is 1.08. The maximum Gasteiger partial charge on any atom is 0.234 e. The van der Waals surface area contributed by atoms with Crippen molar-refractivity contribution >= 4 is 5.91 Å². The topological polar surface area (TPSA) is 59.4 Å². The van der Waals surface area contributed by atoms with Crippen LogP contribution in [0.15, 0.2) is 24.3 Å². The van der Waals surface area contributed by atoms with Gasteiger partial charge < -0.3 is 5.32 Å². The van der Waals surface area contributed by atoms with Crippen LogP contribution in [0.2, 0.25) is 0 Å². The molecule has 1 heterocycles. The van der Waals surface area contributed by atoms with Crippen molar-refractivity contribution in [2.45, 2.75) is 26.8 Å². The van der Waals surface area contributed by atoms with Gasteiger partial charge in [-0.3, -0.25) is 14.6 Å². The third-order valence-corrected chi connectivity index (χ3v) is 4.25. The summed E-state index contributed by atoms with van der Waals surface area (Å²) < 4.78 is 0.